The maximum absolute atomic E-state index is 13.1. The first-order chi connectivity index (χ1) is 13.9. The lowest BCUT2D eigenvalue weighted by Gasteiger charge is -2.31. The van der Waals surface area contributed by atoms with Gasteiger partial charge in [0.15, 0.2) is 5.69 Å². The van der Waals surface area contributed by atoms with Gasteiger partial charge in [-0.2, -0.15) is 0 Å². The standard InChI is InChI=1S/C22H28N2O5/c1-5-27-22(26)17-7-6-10-24(12-17)21(25)20-18(16(4)29-23-20)13-28-19-11-14(2)8-9-15(19)3/h8-9,11,17H,5-7,10,12-13H2,1-4H3. The van der Waals surface area contributed by atoms with Gasteiger partial charge in [-0.25, -0.2) is 0 Å². The van der Waals surface area contributed by atoms with Gasteiger partial charge in [-0.1, -0.05) is 17.3 Å². The molecule has 1 amide bonds. The Morgan fingerprint density at radius 3 is 2.83 bits per heavy atom. The molecule has 1 saturated heterocycles. The molecule has 1 aromatic heterocycles. The van der Waals surface area contributed by atoms with Crippen molar-refractivity contribution >= 4 is 11.9 Å². The van der Waals surface area contributed by atoms with Gasteiger partial charge in [-0.05, 0) is 57.7 Å². The predicted octanol–water partition coefficient (Wildman–Crippen LogP) is 3.59. The Hall–Kier alpha value is -2.83. The minimum absolute atomic E-state index is 0.190. The van der Waals surface area contributed by atoms with Crippen LogP contribution in [-0.4, -0.2) is 41.6 Å². The fourth-order valence-corrected chi connectivity index (χ4v) is 3.51. The van der Waals surface area contributed by atoms with Gasteiger partial charge in [0.25, 0.3) is 5.91 Å². The second-order valence-corrected chi connectivity index (χ2v) is 7.47. The zero-order valence-corrected chi connectivity index (χ0v) is 17.5. The molecule has 29 heavy (non-hydrogen) atoms. The first kappa shape index (κ1) is 20.9. The molecule has 0 spiro atoms. The van der Waals surface area contributed by atoms with Crippen molar-refractivity contribution in [2.45, 2.75) is 47.1 Å². The Morgan fingerprint density at radius 2 is 2.07 bits per heavy atom. The first-order valence-corrected chi connectivity index (χ1v) is 10.0. The molecule has 1 atom stereocenters. The molecule has 2 aromatic rings. The Bertz CT molecular complexity index is 889. The number of nitrogens with zero attached hydrogens (tertiary/aromatic N) is 2. The van der Waals surface area contributed by atoms with Crippen LogP contribution in [0.25, 0.3) is 0 Å². The highest BCUT2D eigenvalue weighted by Gasteiger charge is 2.32. The summed E-state index contributed by atoms with van der Waals surface area (Å²) < 4.78 is 16.4. The summed E-state index contributed by atoms with van der Waals surface area (Å²) in [5, 5.41) is 3.99. The van der Waals surface area contributed by atoms with Gasteiger partial charge >= 0.3 is 5.97 Å². The molecule has 1 aliphatic heterocycles. The summed E-state index contributed by atoms with van der Waals surface area (Å²) in [6.45, 7) is 8.97. The minimum Gasteiger partial charge on any atom is -0.488 e. The molecule has 0 N–H and O–H groups in total. The highest BCUT2D eigenvalue weighted by Crippen LogP contribution is 2.25. The molecule has 1 fully saturated rings. The smallest absolute Gasteiger partial charge is 0.310 e. The molecule has 1 unspecified atom stereocenters. The van der Waals surface area contributed by atoms with Crippen molar-refractivity contribution in [3.05, 3.63) is 46.3 Å². The van der Waals surface area contributed by atoms with Crippen molar-refractivity contribution < 1.29 is 23.6 Å². The molecule has 1 aliphatic rings. The number of esters is 1. The number of likely N-dealkylation sites (tertiary alicyclic amines) is 1. The van der Waals surface area contributed by atoms with E-state index in [1.165, 1.54) is 0 Å². The normalized spacial score (nSPS) is 16.6. The average Bonchev–Trinajstić information content (AvgIpc) is 3.08. The van der Waals surface area contributed by atoms with Crippen LogP contribution in [-0.2, 0) is 16.1 Å². The van der Waals surface area contributed by atoms with E-state index in [2.05, 4.69) is 5.16 Å². The van der Waals surface area contributed by atoms with Crippen molar-refractivity contribution in [3.63, 3.8) is 0 Å². The summed E-state index contributed by atoms with van der Waals surface area (Å²) in [4.78, 5) is 26.8. The summed E-state index contributed by atoms with van der Waals surface area (Å²) in [6, 6.07) is 5.99. The molecule has 156 valence electrons. The summed E-state index contributed by atoms with van der Waals surface area (Å²) in [6.07, 6.45) is 1.48. The van der Waals surface area contributed by atoms with Gasteiger partial charge in [0, 0.05) is 13.1 Å². The van der Waals surface area contributed by atoms with Crippen LogP contribution in [0.3, 0.4) is 0 Å². The fraction of sp³-hybridized carbons (Fsp3) is 0.500. The van der Waals surface area contributed by atoms with Crippen molar-refractivity contribution in [2.24, 2.45) is 5.92 Å². The number of carbonyl (C=O) groups is 2. The second-order valence-electron chi connectivity index (χ2n) is 7.47. The minimum atomic E-state index is -0.296. The maximum Gasteiger partial charge on any atom is 0.310 e. The Morgan fingerprint density at radius 1 is 1.28 bits per heavy atom. The van der Waals surface area contributed by atoms with Crippen molar-refractivity contribution in [1.82, 2.24) is 10.1 Å². The number of rotatable bonds is 6. The lowest BCUT2D eigenvalue weighted by Crippen LogP contribution is -2.43. The number of aromatic nitrogens is 1. The van der Waals surface area contributed by atoms with E-state index in [0.717, 1.165) is 29.7 Å². The topological polar surface area (TPSA) is 81.9 Å². The number of carbonyl (C=O) groups excluding carboxylic acids is 2. The van der Waals surface area contributed by atoms with Crippen LogP contribution in [0.5, 0.6) is 5.75 Å². The lowest BCUT2D eigenvalue weighted by molar-refractivity contribution is -0.149. The van der Waals surface area contributed by atoms with E-state index >= 15 is 0 Å². The van der Waals surface area contributed by atoms with E-state index in [-0.39, 0.29) is 30.1 Å². The van der Waals surface area contributed by atoms with Gasteiger partial charge < -0.3 is 18.9 Å². The molecule has 7 heteroatoms. The number of hydrogen-bond donors (Lipinski definition) is 0. The van der Waals surface area contributed by atoms with Gasteiger partial charge in [0.2, 0.25) is 0 Å². The van der Waals surface area contributed by atoms with Crippen LogP contribution in [0.15, 0.2) is 22.7 Å². The Kier molecular flexibility index (Phi) is 6.56. The van der Waals surface area contributed by atoms with Crippen LogP contribution in [0.4, 0.5) is 0 Å². The second kappa shape index (κ2) is 9.11. The molecule has 7 nitrogen and oxygen atoms in total. The quantitative estimate of drug-likeness (QED) is 0.689. The highest BCUT2D eigenvalue weighted by atomic mass is 16.5. The number of piperidine rings is 1. The number of amides is 1. The van der Waals surface area contributed by atoms with Crippen LogP contribution in [0.1, 0.15) is 52.7 Å². The van der Waals surface area contributed by atoms with E-state index in [4.69, 9.17) is 14.0 Å². The third kappa shape index (κ3) is 4.78. The number of aryl methyl sites for hydroxylation is 3. The molecule has 0 radical (unpaired) electrons. The van der Waals surface area contributed by atoms with Crippen molar-refractivity contribution in [1.29, 1.82) is 0 Å². The monoisotopic (exact) mass is 400 g/mol. The van der Waals surface area contributed by atoms with Crippen LogP contribution < -0.4 is 4.74 Å². The van der Waals surface area contributed by atoms with E-state index in [9.17, 15) is 9.59 Å². The third-order valence-corrected chi connectivity index (χ3v) is 5.23. The Labute approximate surface area is 171 Å². The maximum atomic E-state index is 13.1. The SMILES string of the molecule is CCOC(=O)C1CCCN(C(=O)c2noc(C)c2COc2cc(C)ccc2C)C1. The summed E-state index contributed by atoms with van der Waals surface area (Å²) in [5.41, 5.74) is 3.00. The van der Waals surface area contributed by atoms with E-state index in [1.54, 1.807) is 18.7 Å². The predicted molar refractivity (Wildman–Crippen MR) is 107 cm³/mol. The molecule has 3 rings (SSSR count). The van der Waals surface area contributed by atoms with Gasteiger partial charge in [0.05, 0.1) is 18.1 Å². The lowest BCUT2D eigenvalue weighted by atomic mass is 9.97. The molecule has 1 aromatic carbocycles. The summed E-state index contributed by atoms with van der Waals surface area (Å²) in [7, 11) is 0. The van der Waals surface area contributed by atoms with Gasteiger partial charge in [0.1, 0.15) is 18.1 Å². The van der Waals surface area contributed by atoms with Crippen molar-refractivity contribution in [3.8, 4) is 5.75 Å². The first-order valence-electron chi connectivity index (χ1n) is 10.0. The Balaban J connectivity index is 1.73. The fourth-order valence-electron chi connectivity index (χ4n) is 3.51. The molecular formula is C22H28N2O5. The van der Waals surface area contributed by atoms with Crippen LogP contribution in [0, 0.1) is 26.7 Å². The highest BCUT2D eigenvalue weighted by molar-refractivity contribution is 5.94. The van der Waals surface area contributed by atoms with Crippen molar-refractivity contribution in [2.75, 3.05) is 19.7 Å². The largest absolute Gasteiger partial charge is 0.488 e. The molecule has 2 heterocycles. The van der Waals surface area contributed by atoms with E-state index < -0.39 is 0 Å². The number of hydrogen-bond acceptors (Lipinski definition) is 6. The van der Waals surface area contributed by atoms with Crippen LogP contribution >= 0.6 is 0 Å². The summed E-state index contributed by atoms with van der Waals surface area (Å²) in [5.74, 6) is 0.535. The average molecular weight is 400 g/mol. The van der Waals surface area contributed by atoms with Gasteiger partial charge in [-0.3, -0.25) is 9.59 Å². The third-order valence-electron chi connectivity index (χ3n) is 5.23. The number of ether oxygens (including phenoxy) is 2. The molecular weight excluding hydrogens is 372 g/mol. The zero-order chi connectivity index (χ0) is 21.0. The molecule has 0 aliphatic carbocycles. The summed E-state index contributed by atoms with van der Waals surface area (Å²) >= 11 is 0. The zero-order valence-electron chi connectivity index (χ0n) is 17.5. The molecule has 0 saturated carbocycles. The molecule has 0 bridgehead atoms. The van der Waals surface area contributed by atoms with Crippen LogP contribution in [0.2, 0.25) is 0 Å². The number of benzene rings is 1. The van der Waals surface area contributed by atoms with E-state index in [1.807, 2.05) is 32.0 Å². The van der Waals surface area contributed by atoms with Gasteiger partial charge in [-0.15, -0.1) is 0 Å². The van der Waals surface area contributed by atoms with E-state index in [0.29, 0.717) is 31.0 Å².